The van der Waals surface area contributed by atoms with Crippen molar-refractivity contribution in [2.75, 3.05) is 0 Å². The third kappa shape index (κ3) is 1.61. The van der Waals surface area contributed by atoms with E-state index in [1.807, 2.05) is 18.3 Å². The molecule has 2 heterocycles. The number of nitrogens with two attached hydrogens (primary N) is 1. The van der Waals surface area contributed by atoms with E-state index in [1.165, 1.54) is 4.88 Å². The van der Waals surface area contributed by atoms with Gasteiger partial charge in [-0.25, -0.2) is 0 Å². The van der Waals surface area contributed by atoms with Gasteiger partial charge in [0.2, 0.25) is 0 Å². The van der Waals surface area contributed by atoms with Crippen LogP contribution in [0.2, 0.25) is 0 Å². The molecule has 0 aliphatic rings. The summed E-state index contributed by atoms with van der Waals surface area (Å²) in [5.41, 5.74) is 7.94. The van der Waals surface area contributed by atoms with Crippen LogP contribution in [0.15, 0.2) is 36.0 Å². The lowest BCUT2D eigenvalue weighted by Gasteiger charge is -2.03. The molecule has 2 aromatic heterocycles. The van der Waals surface area contributed by atoms with Gasteiger partial charge in [-0.05, 0) is 23.1 Å². The number of hydrogen-bond donors (Lipinski definition) is 1. The Bertz CT molecular complexity index is 382. The highest BCUT2D eigenvalue weighted by atomic mass is 32.1. The molecular weight excluding hydrogens is 180 g/mol. The first kappa shape index (κ1) is 8.41. The van der Waals surface area contributed by atoms with E-state index in [4.69, 9.17) is 5.73 Å². The van der Waals surface area contributed by atoms with Gasteiger partial charge in [-0.1, -0.05) is 6.07 Å². The van der Waals surface area contributed by atoms with Gasteiger partial charge in [-0.15, -0.1) is 11.3 Å². The Morgan fingerprint density at radius 1 is 1.38 bits per heavy atom. The zero-order chi connectivity index (χ0) is 9.10. The lowest BCUT2D eigenvalue weighted by Crippen LogP contribution is -1.98. The van der Waals surface area contributed by atoms with E-state index in [-0.39, 0.29) is 0 Å². The molecule has 2 nitrogen and oxygen atoms in total. The molecule has 2 N–H and O–H groups in total. The van der Waals surface area contributed by atoms with Crippen LogP contribution in [0.1, 0.15) is 5.56 Å². The fraction of sp³-hybridized carbons (Fsp3) is 0.100. The van der Waals surface area contributed by atoms with E-state index < -0.39 is 0 Å². The predicted molar refractivity (Wildman–Crippen MR) is 55.4 cm³/mol. The summed E-state index contributed by atoms with van der Waals surface area (Å²) in [6.45, 7) is 0.565. The van der Waals surface area contributed by atoms with Crippen LogP contribution in [0, 0.1) is 0 Å². The molecule has 0 fully saturated rings. The van der Waals surface area contributed by atoms with Crippen molar-refractivity contribution < 1.29 is 0 Å². The Morgan fingerprint density at radius 2 is 2.31 bits per heavy atom. The number of thiophene rings is 1. The topological polar surface area (TPSA) is 38.9 Å². The molecule has 0 unspecified atom stereocenters. The van der Waals surface area contributed by atoms with Crippen molar-refractivity contribution in [3.63, 3.8) is 0 Å². The Kier molecular flexibility index (Phi) is 2.38. The molecule has 0 saturated carbocycles. The molecule has 0 bridgehead atoms. The lowest BCUT2D eigenvalue weighted by atomic mass is 10.1. The van der Waals surface area contributed by atoms with E-state index in [9.17, 15) is 0 Å². The number of hydrogen-bond acceptors (Lipinski definition) is 3. The third-order valence-corrected chi connectivity index (χ3v) is 2.82. The van der Waals surface area contributed by atoms with Gasteiger partial charge in [0.15, 0.2) is 0 Å². The van der Waals surface area contributed by atoms with Gasteiger partial charge in [-0.3, -0.25) is 4.98 Å². The molecule has 0 spiro atoms. The molecule has 3 heteroatoms. The first-order chi connectivity index (χ1) is 6.42. The minimum atomic E-state index is 0.565. The predicted octanol–water partition coefficient (Wildman–Crippen LogP) is 2.27. The van der Waals surface area contributed by atoms with E-state index >= 15 is 0 Å². The highest BCUT2D eigenvalue weighted by molar-refractivity contribution is 7.13. The standard InChI is InChI=1S/C10H10N2S/c11-6-8-3-4-12-7-9(8)10-2-1-5-13-10/h1-5,7H,6,11H2. The average molecular weight is 190 g/mol. The second kappa shape index (κ2) is 3.68. The van der Waals surface area contributed by atoms with Crippen molar-refractivity contribution in [3.05, 3.63) is 41.5 Å². The quantitative estimate of drug-likeness (QED) is 0.789. The first-order valence-corrected chi connectivity index (χ1v) is 4.96. The summed E-state index contributed by atoms with van der Waals surface area (Å²) in [6.07, 6.45) is 3.65. The Balaban J connectivity index is 2.51. The lowest BCUT2D eigenvalue weighted by molar-refractivity contribution is 1.06. The van der Waals surface area contributed by atoms with E-state index in [1.54, 1.807) is 17.5 Å². The van der Waals surface area contributed by atoms with E-state index in [2.05, 4.69) is 16.4 Å². The maximum atomic E-state index is 5.63. The molecule has 66 valence electrons. The van der Waals surface area contributed by atoms with Gasteiger partial charge in [-0.2, -0.15) is 0 Å². The van der Waals surface area contributed by atoms with Gasteiger partial charge in [0.05, 0.1) is 0 Å². The van der Waals surface area contributed by atoms with Crippen LogP contribution >= 0.6 is 11.3 Å². The zero-order valence-electron chi connectivity index (χ0n) is 7.10. The number of nitrogens with zero attached hydrogens (tertiary/aromatic N) is 1. The maximum absolute atomic E-state index is 5.63. The Morgan fingerprint density at radius 3 is 3.00 bits per heavy atom. The minimum Gasteiger partial charge on any atom is -0.326 e. The normalized spacial score (nSPS) is 10.2. The molecule has 0 atom stereocenters. The van der Waals surface area contributed by atoms with Crippen LogP contribution in [0.25, 0.3) is 10.4 Å². The smallest absolute Gasteiger partial charge is 0.0361 e. The summed E-state index contributed by atoms with van der Waals surface area (Å²) in [6, 6.07) is 6.09. The summed E-state index contributed by atoms with van der Waals surface area (Å²) >= 11 is 1.71. The van der Waals surface area contributed by atoms with Crippen LogP contribution in [0.4, 0.5) is 0 Å². The van der Waals surface area contributed by atoms with Crippen molar-refractivity contribution in [1.82, 2.24) is 4.98 Å². The Hall–Kier alpha value is -1.19. The van der Waals surface area contributed by atoms with Crippen LogP contribution in [0.3, 0.4) is 0 Å². The number of aromatic nitrogens is 1. The SMILES string of the molecule is NCc1ccncc1-c1cccs1. The molecule has 0 saturated heterocycles. The molecule has 2 rings (SSSR count). The second-order valence-corrected chi connectivity index (χ2v) is 3.66. The van der Waals surface area contributed by atoms with Crippen molar-refractivity contribution in [3.8, 4) is 10.4 Å². The fourth-order valence-corrected chi connectivity index (χ4v) is 2.03. The van der Waals surface area contributed by atoms with E-state index in [0.717, 1.165) is 11.1 Å². The molecule has 0 aromatic carbocycles. The summed E-state index contributed by atoms with van der Waals surface area (Å²) in [7, 11) is 0. The molecule has 0 aliphatic carbocycles. The Labute approximate surface area is 81.1 Å². The highest BCUT2D eigenvalue weighted by Gasteiger charge is 2.03. The van der Waals surface area contributed by atoms with Crippen molar-refractivity contribution in [2.24, 2.45) is 5.73 Å². The second-order valence-electron chi connectivity index (χ2n) is 2.71. The number of rotatable bonds is 2. The molecular formula is C10H10N2S. The zero-order valence-corrected chi connectivity index (χ0v) is 7.92. The van der Waals surface area contributed by atoms with Crippen molar-refractivity contribution in [1.29, 1.82) is 0 Å². The van der Waals surface area contributed by atoms with Gasteiger partial charge < -0.3 is 5.73 Å². The summed E-state index contributed by atoms with van der Waals surface area (Å²) in [4.78, 5) is 5.33. The molecule has 2 aromatic rings. The number of pyridine rings is 1. The average Bonchev–Trinajstić information content (AvgIpc) is 2.70. The van der Waals surface area contributed by atoms with Gasteiger partial charge in [0.25, 0.3) is 0 Å². The maximum Gasteiger partial charge on any atom is 0.0361 e. The van der Waals surface area contributed by atoms with Gasteiger partial charge >= 0.3 is 0 Å². The van der Waals surface area contributed by atoms with Crippen molar-refractivity contribution in [2.45, 2.75) is 6.54 Å². The molecule has 0 aliphatic heterocycles. The minimum absolute atomic E-state index is 0.565. The monoisotopic (exact) mass is 190 g/mol. The van der Waals surface area contributed by atoms with Crippen LogP contribution in [-0.2, 0) is 6.54 Å². The highest BCUT2D eigenvalue weighted by Crippen LogP contribution is 2.26. The molecule has 0 amide bonds. The van der Waals surface area contributed by atoms with Gasteiger partial charge in [0, 0.05) is 29.4 Å². The molecule has 13 heavy (non-hydrogen) atoms. The van der Waals surface area contributed by atoms with Crippen molar-refractivity contribution >= 4 is 11.3 Å². The summed E-state index contributed by atoms with van der Waals surface area (Å²) in [5.74, 6) is 0. The third-order valence-electron chi connectivity index (χ3n) is 1.92. The largest absolute Gasteiger partial charge is 0.326 e. The van der Waals surface area contributed by atoms with Crippen LogP contribution < -0.4 is 5.73 Å². The van der Waals surface area contributed by atoms with Gasteiger partial charge in [0.1, 0.15) is 0 Å². The fourth-order valence-electron chi connectivity index (χ4n) is 1.25. The summed E-state index contributed by atoms with van der Waals surface area (Å²) < 4.78 is 0. The summed E-state index contributed by atoms with van der Waals surface area (Å²) in [5, 5.41) is 2.06. The van der Waals surface area contributed by atoms with E-state index in [0.29, 0.717) is 6.54 Å². The molecule has 0 radical (unpaired) electrons. The first-order valence-electron chi connectivity index (χ1n) is 4.08. The van der Waals surface area contributed by atoms with Crippen LogP contribution in [-0.4, -0.2) is 4.98 Å². The van der Waals surface area contributed by atoms with Crippen LogP contribution in [0.5, 0.6) is 0 Å².